The molecule has 0 amide bonds. The zero-order valence-corrected chi connectivity index (χ0v) is 12.9. The molecule has 3 rings (SSSR count). The van der Waals surface area contributed by atoms with Gasteiger partial charge in [0.2, 0.25) is 0 Å². The molecule has 3 heteroatoms. The van der Waals surface area contributed by atoms with E-state index in [9.17, 15) is 9.59 Å². The molecule has 3 nitrogen and oxygen atoms in total. The number of methoxy groups -OCH3 is 1. The molecule has 0 fully saturated rings. The van der Waals surface area contributed by atoms with Gasteiger partial charge in [-0.2, -0.15) is 0 Å². The monoisotopic (exact) mass is 306 g/mol. The van der Waals surface area contributed by atoms with Gasteiger partial charge in [-0.25, -0.2) is 0 Å². The van der Waals surface area contributed by atoms with Gasteiger partial charge in [-0.3, -0.25) is 9.59 Å². The maximum absolute atomic E-state index is 12.8. The molecule has 0 unspecified atom stereocenters. The van der Waals surface area contributed by atoms with E-state index in [1.165, 1.54) is 13.2 Å². The van der Waals surface area contributed by atoms with Crippen LogP contribution < -0.4 is 0 Å². The Morgan fingerprint density at radius 3 is 2.26 bits per heavy atom. The van der Waals surface area contributed by atoms with Crippen LogP contribution in [0.2, 0.25) is 0 Å². The van der Waals surface area contributed by atoms with Crippen LogP contribution in [-0.2, 0) is 19.7 Å². The van der Waals surface area contributed by atoms with Crippen LogP contribution in [0.25, 0.3) is 0 Å². The van der Waals surface area contributed by atoms with E-state index >= 15 is 0 Å². The van der Waals surface area contributed by atoms with Crippen molar-refractivity contribution in [3.05, 3.63) is 83.9 Å². The number of benzene rings is 2. The maximum atomic E-state index is 12.8. The maximum Gasteiger partial charge on any atom is 0.320 e. The molecule has 0 saturated carbocycles. The minimum atomic E-state index is -0.981. The average Bonchev–Trinajstić information content (AvgIpc) is 2.62. The van der Waals surface area contributed by atoms with Crippen molar-refractivity contribution in [2.75, 3.05) is 7.11 Å². The molecule has 0 spiro atoms. The van der Waals surface area contributed by atoms with Crippen molar-refractivity contribution in [3.8, 4) is 0 Å². The number of allylic oxidation sites excluding steroid dienone is 1. The van der Waals surface area contributed by atoms with Gasteiger partial charge in [0.25, 0.3) is 0 Å². The highest BCUT2D eigenvalue weighted by Gasteiger charge is 2.49. The Bertz CT molecular complexity index is 734. The third-order valence-electron chi connectivity index (χ3n) is 4.46. The zero-order chi connectivity index (χ0) is 16.3. The second-order valence-electron chi connectivity index (χ2n) is 5.69. The van der Waals surface area contributed by atoms with Crippen molar-refractivity contribution in [1.29, 1.82) is 0 Å². The van der Waals surface area contributed by atoms with E-state index in [2.05, 4.69) is 0 Å². The first-order chi connectivity index (χ1) is 11.2. The van der Waals surface area contributed by atoms with E-state index in [1.807, 2.05) is 60.7 Å². The average molecular weight is 306 g/mol. The lowest BCUT2D eigenvalue weighted by molar-refractivity contribution is -0.147. The van der Waals surface area contributed by atoms with Crippen LogP contribution in [0.1, 0.15) is 23.5 Å². The first-order valence-corrected chi connectivity index (χ1v) is 7.59. The van der Waals surface area contributed by atoms with Crippen LogP contribution in [-0.4, -0.2) is 18.9 Å². The molecular formula is C20H18O3. The van der Waals surface area contributed by atoms with Gasteiger partial charge in [0.05, 0.1) is 7.11 Å². The number of ether oxygens (including phenoxy) is 1. The molecule has 0 radical (unpaired) electrons. The van der Waals surface area contributed by atoms with Gasteiger partial charge in [0, 0.05) is 12.3 Å². The fourth-order valence-electron chi connectivity index (χ4n) is 3.35. The minimum absolute atomic E-state index is 0.0225. The third-order valence-corrected chi connectivity index (χ3v) is 4.46. The summed E-state index contributed by atoms with van der Waals surface area (Å²) in [4.78, 5) is 24.8. The molecule has 0 heterocycles. The van der Waals surface area contributed by atoms with Crippen LogP contribution in [0.3, 0.4) is 0 Å². The van der Waals surface area contributed by atoms with Crippen molar-refractivity contribution < 1.29 is 14.3 Å². The predicted octanol–water partition coefficient (Wildman–Crippen LogP) is 3.41. The first kappa shape index (κ1) is 15.2. The van der Waals surface area contributed by atoms with Gasteiger partial charge in [-0.15, -0.1) is 0 Å². The Hall–Kier alpha value is -2.68. The molecule has 2 aromatic carbocycles. The van der Waals surface area contributed by atoms with E-state index in [0.717, 1.165) is 11.1 Å². The predicted molar refractivity (Wildman–Crippen MR) is 88.1 cm³/mol. The number of hydrogen-bond acceptors (Lipinski definition) is 3. The highest BCUT2D eigenvalue weighted by Crippen LogP contribution is 2.46. The minimum Gasteiger partial charge on any atom is -0.468 e. The Morgan fingerprint density at radius 1 is 1.04 bits per heavy atom. The Kier molecular flexibility index (Phi) is 4.11. The normalized spacial score (nSPS) is 23.5. The zero-order valence-electron chi connectivity index (χ0n) is 12.9. The van der Waals surface area contributed by atoms with Crippen molar-refractivity contribution in [3.63, 3.8) is 0 Å². The van der Waals surface area contributed by atoms with Crippen molar-refractivity contribution in [2.24, 2.45) is 0 Å². The van der Waals surface area contributed by atoms with Crippen LogP contribution >= 0.6 is 0 Å². The molecule has 0 aliphatic heterocycles. The SMILES string of the molecule is COC(=O)[C@]1(c2ccccc2)C=CC(=O)C[C@@H]1c1ccccc1. The second-order valence-corrected chi connectivity index (χ2v) is 5.69. The van der Waals surface area contributed by atoms with Crippen LogP contribution in [0.4, 0.5) is 0 Å². The van der Waals surface area contributed by atoms with Gasteiger partial charge in [0.15, 0.2) is 5.78 Å². The summed E-state index contributed by atoms with van der Waals surface area (Å²) < 4.78 is 5.13. The first-order valence-electron chi connectivity index (χ1n) is 7.59. The summed E-state index contributed by atoms with van der Waals surface area (Å²) in [6, 6.07) is 19.2. The molecule has 23 heavy (non-hydrogen) atoms. The smallest absolute Gasteiger partial charge is 0.320 e. The number of ketones is 1. The van der Waals surface area contributed by atoms with Gasteiger partial charge in [-0.1, -0.05) is 66.7 Å². The van der Waals surface area contributed by atoms with Crippen LogP contribution in [0.15, 0.2) is 72.8 Å². The van der Waals surface area contributed by atoms with Crippen molar-refractivity contribution in [1.82, 2.24) is 0 Å². The summed E-state index contributed by atoms with van der Waals surface area (Å²) in [7, 11) is 1.39. The standard InChI is InChI=1S/C20H18O3/c1-23-19(22)20(16-10-6-3-7-11-16)13-12-17(21)14-18(20)15-8-4-2-5-9-15/h2-13,18H,14H2,1H3/t18-,20+/m1/s1. The summed E-state index contributed by atoms with van der Waals surface area (Å²) in [5.41, 5.74) is 0.814. The Morgan fingerprint density at radius 2 is 1.65 bits per heavy atom. The van der Waals surface area contributed by atoms with Gasteiger partial charge in [-0.05, 0) is 17.2 Å². The fourth-order valence-corrected chi connectivity index (χ4v) is 3.35. The number of carbonyl (C=O) groups is 2. The molecule has 2 aromatic rings. The van der Waals surface area contributed by atoms with E-state index < -0.39 is 5.41 Å². The van der Waals surface area contributed by atoms with Gasteiger partial charge < -0.3 is 4.74 Å². The lowest BCUT2D eigenvalue weighted by Crippen LogP contribution is -2.44. The summed E-state index contributed by atoms with van der Waals surface area (Å²) in [5.74, 6) is -0.605. The lowest BCUT2D eigenvalue weighted by Gasteiger charge is -2.38. The van der Waals surface area contributed by atoms with Crippen molar-refractivity contribution >= 4 is 11.8 Å². The van der Waals surface area contributed by atoms with E-state index in [4.69, 9.17) is 4.74 Å². The lowest BCUT2D eigenvalue weighted by atomic mass is 9.63. The molecule has 1 aliphatic carbocycles. The summed E-state index contributed by atoms with van der Waals surface area (Å²) in [6.45, 7) is 0. The van der Waals surface area contributed by atoms with E-state index in [0.29, 0.717) is 0 Å². The number of rotatable bonds is 3. The van der Waals surface area contributed by atoms with Crippen LogP contribution in [0, 0.1) is 0 Å². The molecule has 0 N–H and O–H groups in total. The summed E-state index contributed by atoms with van der Waals surface area (Å²) in [5, 5.41) is 0. The second kappa shape index (κ2) is 6.21. The van der Waals surface area contributed by atoms with Crippen molar-refractivity contribution in [2.45, 2.75) is 17.8 Å². The van der Waals surface area contributed by atoms with Crippen LogP contribution in [0.5, 0.6) is 0 Å². The number of esters is 1. The molecular weight excluding hydrogens is 288 g/mol. The van der Waals surface area contributed by atoms with E-state index in [-0.39, 0.29) is 24.1 Å². The van der Waals surface area contributed by atoms with Gasteiger partial charge >= 0.3 is 5.97 Å². The molecule has 0 saturated heterocycles. The van der Waals surface area contributed by atoms with E-state index in [1.54, 1.807) is 6.08 Å². The molecule has 2 atom stereocenters. The summed E-state index contributed by atoms with van der Waals surface area (Å²) >= 11 is 0. The molecule has 0 bridgehead atoms. The molecule has 1 aliphatic rings. The summed E-state index contributed by atoms with van der Waals surface area (Å²) in [6.07, 6.45) is 3.49. The Labute approximate surface area is 135 Å². The highest BCUT2D eigenvalue weighted by molar-refractivity contribution is 5.98. The number of carbonyl (C=O) groups excluding carboxylic acids is 2. The highest BCUT2D eigenvalue weighted by atomic mass is 16.5. The molecule has 116 valence electrons. The Balaban J connectivity index is 2.24. The largest absolute Gasteiger partial charge is 0.468 e. The molecule has 0 aromatic heterocycles. The fraction of sp³-hybridized carbons (Fsp3) is 0.200. The topological polar surface area (TPSA) is 43.4 Å². The third kappa shape index (κ3) is 2.59. The van der Waals surface area contributed by atoms with Gasteiger partial charge in [0.1, 0.15) is 5.41 Å². The quantitative estimate of drug-likeness (QED) is 0.816. The number of hydrogen-bond donors (Lipinski definition) is 0.